The first-order valence-corrected chi connectivity index (χ1v) is 11.2. The molecule has 4 heteroatoms. The second kappa shape index (κ2) is 10.1. The average molecular weight is 384 g/mol. The molecule has 0 heterocycles. The molecule has 0 aromatic heterocycles. The van der Waals surface area contributed by atoms with E-state index in [2.05, 4.69) is 53.7 Å². The Kier molecular flexibility index (Phi) is 7.55. The van der Waals surface area contributed by atoms with Gasteiger partial charge in [0, 0.05) is 43.0 Å². The first kappa shape index (κ1) is 20.9. The number of rotatable bonds is 10. The molecule has 2 N–H and O–H groups in total. The number of hydrogen-bond donors (Lipinski definition) is 2. The van der Waals surface area contributed by atoms with Crippen molar-refractivity contribution in [1.29, 1.82) is 0 Å². The number of nitrogens with one attached hydrogen (secondary N) is 2. The Balaban J connectivity index is 1.33. The third kappa shape index (κ3) is 5.38. The number of likely N-dealkylation sites (N-methyl/N-ethyl adjacent to an activating group) is 1. The summed E-state index contributed by atoms with van der Waals surface area (Å²) >= 11 is 0. The number of nitrogens with zero attached hydrogens (tertiary/aromatic N) is 1. The molecule has 1 aromatic rings. The Hall–Kier alpha value is -1.81. The quantitative estimate of drug-likeness (QED) is 0.609. The third-order valence-electron chi connectivity index (χ3n) is 6.32. The third-order valence-corrected chi connectivity index (χ3v) is 6.32. The van der Waals surface area contributed by atoms with Crippen LogP contribution in [0.25, 0.3) is 11.8 Å². The van der Waals surface area contributed by atoms with Gasteiger partial charge in [0.1, 0.15) is 0 Å². The lowest BCUT2D eigenvalue weighted by Gasteiger charge is -2.30. The summed E-state index contributed by atoms with van der Waals surface area (Å²) in [5.74, 6) is 1.01. The topological polar surface area (TPSA) is 44.4 Å². The zero-order chi connectivity index (χ0) is 19.9. The highest BCUT2D eigenvalue weighted by Crippen LogP contribution is 2.26. The van der Waals surface area contributed by atoms with Crippen LogP contribution in [0, 0.1) is 12.8 Å². The average Bonchev–Trinajstić information content (AvgIpc) is 2.69. The van der Waals surface area contributed by atoms with Crippen LogP contribution in [0.5, 0.6) is 0 Å². The molecule has 1 fully saturated rings. The monoisotopic (exact) mass is 383 g/mol. The van der Waals surface area contributed by atoms with Gasteiger partial charge in [-0.05, 0) is 69.7 Å². The van der Waals surface area contributed by atoms with E-state index in [1.54, 1.807) is 0 Å². The second-order valence-corrected chi connectivity index (χ2v) is 8.38. The zero-order valence-corrected chi connectivity index (χ0v) is 17.9. The van der Waals surface area contributed by atoms with E-state index in [4.69, 9.17) is 0 Å². The highest BCUT2D eigenvalue weighted by Gasteiger charge is 2.21. The molecule has 154 valence electrons. The largest absolute Gasteiger partial charge is 0.370 e. The van der Waals surface area contributed by atoms with E-state index in [9.17, 15) is 4.79 Å². The molecular formula is C24H37N3O. The molecule has 1 saturated carbocycles. The molecular weight excluding hydrogens is 346 g/mol. The molecule has 2 aliphatic carbocycles. The molecule has 3 rings (SSSR count). The molecule has 0 aliphatic heterocycles. The minimum Gasteiger partial charge on any atom is -0.370 e. The SMILES string of the molecule is CCC(=O)NC1CCC(CCNCCN(CC)C2=c3ccc(C)cc3=C2)CC1. The van der Waals surface area contributed by atoms with E-state index in [-0.39, 0.29) is 5.91 Å². The van der Waals surface area contributed by atoms with Gasteiger partial charge in [-0.1, -0.05) is 30.7 Å². The van der Waals surface area contributed by atoms with Gasteiger partial charge >= 0.3 is 0 Å². The van der Waals surface area contributed by atoms with Crippen molar-refractivity contribution in [1.82, 2.24) is 15.5 Å². The van der Waals surface area contributed by atoms with Gasteiger partial charge in [0.2, 0.25) is 5.91 Å². The van der Waals surface area contributed by atoms with E-state index in [0.717, 1.165) is 44.9 Å². The summed E-state index contributed by atoms with van der Waals surface area (Å²) in [5.41, 5.74) is 2.73. The second-order valence-electron chi connectivity index (χ2n) is 8.38. The minimum atomic E-state index is 0.199. The molecule has 0 saturated heterocycles. The van der Waals surface area contributed by atoms with Crippen LogP contribution in [0.4, 0.5) is 0 Å². The van der Waals surface area contributed by atoms with E-state index < -0.39 is 0 Å². The van der Waals surface area contributed by atoms with Gasteiger partial charge in [-0.15, -0.1) is 0 Å². The Morgan fingerprint density at radius 2 is 1.93 bits per heavy atom. The van der Waals surface area contributed by atoms with Crippen LogP contribution in [0.1, 0.15) is 57.9 Å². The molecule has 2 aliphatic rings. The Labute approximate surface area is 170 Å². The van der Waals surface area contributed by atoms with Crippen LogP contribution in [0.15, 0.2) is 18.2 Å². The van der Waals surface area contributed by atoms with Gasteiger partial charge in [-0.3, -0.25) is 4.79 Å². The summed E-state index contributed by atoms with van der Waals surface area (Å²) in [6, 6.07) is 7.15. The highest BCUT2D eigenvalue weighted by atomic mass is 16.1. The van der Waals surface area contributed by atoms with Crippen molar-refractivity contribution in [2.75, 3.05) is 26.2 Å². The van der Waals surface area contributed by atoms with Crippen molar-refractivity contribution >= 4 is 17.7 Å². The standard InChI is InChI=1S/C24H37N3O/c1-4-24(28)26-21-9-7-19(8-10-21)12-13-25-14-15-27(5-2)23-17-20-16-18(3)6-11-22(20)23/h6,11,16-17,19,21,25H,4-5,7-10,12-15H2,1-3H3,(H,26,28). The van der Waals surface area contributed by atoms with Gasteiger partial charge in [0.05, 0.1) is 0 Å². The Bertz CT molecular complexity index is 778. The van der Waals surface area contributed by atoms with Crippen LogP contribution in [-0.4, -0.2) is 43.0 Å². The fourth-order valence-electron chi connectivity index (χ4n) is 4.46. The van der Waals surface area contributed by atoms with E-state index in [1.807, 2.05) is 6.92 Å². The summed E-state index contributed by atoms with van der Waals surface area (Å²) < 4.78 is 0. The van der Waals surface area contributed by atoms with Crippen LogP contribution >= 0.6 is 0 Å². The lowest BCUT2D eigenvalue weighted by Crippen LogP contribution is -2.43. The first-order chi connectivity index (χ1) is 13.6. The first-order valence-electron chi connectivity index (χ1n) is 11.2. The molecule has 0 radical (unpaired) electrons. The van der Waals surface area contributed by atoms with Crippen LogP contribution in [-0.2, 0) is 4.79 Å². The van der Waals surface area contributed by atoms with Crippen molar-refractivity contribution in [3.63, 3.8) is 0 Å². The van der Waals surface area contributed by atoms with Gasteiger partial charge in [-0.25, -0.2) is 0 Å². The molecule has 28 heavy (non-hydrogen) atoms. The van der Waals surface area contributed by atoms with Crippen molar-refractivity contribution in [3.8, 4) is 0 Å². The molecule has 0 bridgehead atoms. The van der Waals surface area contributed by atoms with E-state index >= 15 is 0 Å². The molecule has 1 amide bonds. The predicted octanol–water partition coefficient (Wildman–Crippen LogP) is 2.28. The Morgan fingerprint density at radius 3 is 2.61 bits per heavy atom. The molecule has 0 spiro atoms. The van der Waals surface area contributed by atoms with Crippen molar-refractivity contribution in [2.24, 2.45) is 5.92 Å². The fraction of sp³-hybridized carbons (Fsp3) is 0.625. The number of amides is 1. The Morgan fingerprint density at radius 1 is 1.14 bits per heavy atom. The summed E-state index contributed by atoms with van der Waals surface area (Å²) in [7, 11) is 0. The summed E-state index contributed by atoms with van der Waals surface area (Å²) in [6.45, 7) is 10.6. The lowest BCUT2D eigenvalue weighted by atomic mass is 9.84. The fourth-order valence-corrected chi connectivity index (χ4v) is 4.46. The van der Waals surface area contributed by atoms with Crippen molar-refractivity contribution in [3.05, 3.63) is 34.2 Å². The molecule has 0 atom stereocenters. The van der Waals surface area contributed by atoms with Crippen molar-refractivity contribution < 1.29 is 4.79 Å². The summed E-state index contributed by atoms with van der Waals surface area (Å²) in [5, 5.41) is 9.58. The predicted molar refractivity (Wildman–Crippen MR) is 117 cm³/mol. The van der Waals surface area contributed by atoms with E-state index in [1.165, 1.54) is 41.0 Å². The summed E-state index contributed by atoms with van der Waals surface area (Å²) in [4.78, 5) is 14.0. The number of fused-ring (bicyclic) bond motifs is 1. The van der Waals surface area contributed by atoms with E-state index in [0.29, 0.717) is 12.5 Å². The maximum Gasteiger partial charge on any atom is 0.219 e. The van der Waals surface area contributed by atoms with Gasteiger partial charge < -0.3 is 15.5 Å². The van der Waals surface area contributed by atoms with Gasteiger partial charge in [0.15, 0.2) is 0 Å². The number of carbonyl (C=O) groups is 1. The highest BCUT2D eigenvalue weighted by molar-refractivity contribution is 5.81. The molecule has 0 unspecified atom stereocenters. The minimum absolute atomic E-state index is 0.199. The number of benzene rings is 1. The van der Waals surface area contributed by atoms with Gasteiger partial charge in [0.25, 0.3) is 0 Å². The number of hydrogen-bond acceptors (Lipinski definition) is 3. The maximum absolute atomic E-state index is 11.5. The number of aryl methyl sites for hydroxylation is 1. The van der Waals surface area contributed by atoms with Crippen LogP contribution in [0.3, 0.4) is 0 Å². The molecule has 4 nitrogen and oxygen atoms in total. The lowest BCUT2D eigenvalue weighted by molar-refractivity contribution is -0.121. The number of carbonyl (C=O) groups excluding carboxylic acids is 1. The van der Waals surface area contributed by atoms with Crippen LogP contribution < -0.4 is 21.1 Å². The summed E-state index contributed by atoms with van der Waals surface area (Å²) in [6.07, 6.45) is 8.97. The van der Waals surface area contributed by atoms with Gasteiger partial charge in [-0.2, -0.15) is 0 Å². The smallest absolute Gasteiger partial charge is 0.219 e. The molecule has 1 aromatic carbocycles. The zero-order valence-electron chi connectivity index (χ0n) is 17.9. The normalized spacial score (nSPS) is 20.8. The van der Waals surface area contributed by atoms with Crippen molar-refractivity contribution in [2.45, 2.75) is 65.3 Å². The van der Waals surface area contributed by atoms with Crippen LogP contribution in [0.2, 0.25) is 0 Å². The maximum atomic E-state index is 11.5.